The van der Waals surface area contributed by atoms with Gasteiger partial charge in [-0.1, -0.05) is 57.9 Å². The molecule has 0 aromatic heterocycles. The standard InChI is InChI=1S/C28H40N4O3/c1-6-15-27(4,5)16-7-8-17-28(32(35)26(34)30-23-13-9-11-21(2)18-23)20-29-25(33)31(28)24-14-10-12-22(3)19-24/h9-14,18-19,35H,6-8,15-17,20H2,1-5H3,(H,29,33)(H,30,34). The molecule has 4 amide bonds. The molecule has 0 saturated carbocycles. The zero-order chi connectivity index (χ0) is 25.6. The summed E-state index contributed by atoms with van der Waals surface area (Å²) in [6, 6.07) is 14.0. The Morgan fingerprint density at radius 1 is 1.11 bits per heavy atom. The summed E-state index contributed by atoms with van der Waals surface area (Å²) < 4.78 is 0. The number of unbranched alkanes of at least 4 members (excludes halogenated alkanes) is 1. The summed E-state index contributed by atoms with van der Waals surface area (Å²) in [6.07, 6.45) is 5.49. The fraction of sp³-hybridized carbons (Fsp3) is 0.500. The van der Waals surface area contributed by atoms with Crippen LogP contribution in [0.1, 0.15) is 70.4 Å². The topological polar surface area (TPSA) is 84.9 Å². The van der Waals surface area contributed by atoms with Gasteiger partial charge in [0.15, 0.2) is 5.66 Å². The van der Waals surface area contributed by atoms with Crippen LogP contribution in [-0.4, -0.2) is 34.5 Å². The van der Waals surface area contributed by atoms with Gasteiger partial charge in [-0.25, -0.2) is 9.59 Å². The minimum atomic E-state index is -1.24. The van der Waals surface area contributed by atoms with E-state index in [1.807, 2.05) is 56.3 Å². The number of aryl methyl sites for hydroxylation is 2. The van der Waals surface area contributed by atoms with Gasteiger partial charge < -0.3 is 10.6 Å². The number of hydroxylamine groups is 2. The van der Waals surface area contributed by atoms with E-state index in [0.29, 0.717) is 22.9 Å². The van der Waals surface area contributed by atoms with Gasteiger partial charge in [0, 0.05) is 11.4 Å². The van der Waals surface area contributed by atoms with Crippen molar-refractivity contribution in [2.24, 2.45) is 5.41 Å². The number of benzene rings is 2. The number of anilines is 2. The molecule has 3 rings (SSSR count). The molecular weight excluding hydrogens is 440 g/mol. The van der Waals surface area contributed by atoms with Crippen LogP contribution in [0.3, 0.4) is 0 Å². The maximum absolute atomic E-state index is 13.2. The number of nitrogens with zero attached hydrogens (tertiary/aromatic N) is 2. The molecule has 1 heterocycles. The van der Waals surface area contributed by atoms with Crippen molar-refractivity contribution < 1.29 is 14.8 Å². The number of hydrogen-bond donors (Lipinski definition) is 3. The maximum atomic E-state index is 13.2. The molecule has 2 aromatic rings. The van der Waals surface area contributed by atoms with Gasteiger partial charge in [-0.15, -0.1) is 0 Å². The molecule has 2 aromatic carbocycles. The molecule has 0 spiro atoms. The van der Waals surface area contributed by atoms with E-state index in [1.165, 1.54) is 4.90 Å². The lowest BCUT2D eigenvalue weighted by Gasteiger charge is -2.42. The molecule has 7 nitrogen and oxygen atoms in total. The molecule has 1 aliphatic heterocycles. The highest BCUT2D eigenvalue weighted by Gasteiger charge is 2.52. The van der Waals surface area contributed by atoms with Crippen molar-refractivity contribution in [3.05, 3.63) is 59.7 Å². The summed E-state index contributed by atoms with van der Waals surface area (Å²) in [5, 5.41) is 17.7. The van der Waals surface area contributed by atoms with Crippen molar-refractivity contribution in [2.45, 2.75) is 78.8 Å². The van der Waals surface area contributed by atoms with Crippen LogP contribution in [0.15, 0.2) is 48.5 Å². The lowest BCUT2D eigenvalue weighted by Crippen LogP contribution is -2.62. The van der Waals surface area contributed by atoms with Crippen molar-refractivity contribution in [3.63, 3.8) is 0 Å². The highest BCUT2D eigenvalue weighted by Crippen LogP contribution is 2.37. The smallest absolute Gasteiger partial charge is 0.333 e. The number of hydrogen-bond acceptors (Lipinski definition) is 3. The fourth-order valence-electron chi connectivity index (χ4n) is 5.07. The van der Waals surface area contributed by atoms with Crippen LogP contribution >= 0.6 is 0 Å². The van der Waals surface area contributed by atoms with Crippen molar-refractivity contribution in [2.75, 3.05) is 16.8 Å². The molecule has 7 heteroatoms. The van der Waals surface area contributed by atoms with Crippen LogP contribution < -0.4 is 15.5 Å². The molecule has 0 radical (unpaired) electrons. The number of nitrogens with one attached hydrogen (secondary N) is 2. The van der Waals surface area contributed by atoms with Crippen LogP contribution in [0.5, 0.6) is 0 Å². The third kappa shape index (κ3) is 6.34. The first kappa shape index (κ1) is 26.5. The average molecular weight is 481 g/mol. The zero-order valence-corrected chi connectivity index (χ0v) is 21.7. The molecule has 1 saturated heterocycles. The Morgan fingerprint density at radius 2 is 1.80 bits per heavy atom. The van der Waals surface area contributed by atoms with E-state index in [2.05, 4.69) is 31.4 Å². The highest BCUT2D eigenvalue weighted by atomic mass is 16.5. The molecule has 1 unspecified atom stereocenters. The zero-order valence-electron chi connectivity index (χ0n) is 21.7. The number of carbonyl (C=O) groups is 2. The highest BCUT2D eigenvalue weighted by molar-refractivity contribution is 5.98. The second-order valence-electron chi connectivity index (χ2n) is 10.5. The van der Waals surface area contributed by atoms with E-state index >= 15 is 0 Å². The number of carbonyl (C=O) groups excluding carboxylic acids is 2. The normalized spacial score (nSPS) is 17.9. The molecular formula is C28H40N4O3. The first-order valence-corrected chi connectivity index (χ1v) is 12.6. The number of urea groups is 2. The lowest BCUT2D eigenvalue weighted by molar-refractivity contribution is -0.117. The summed E-state index contributed by atoms with van der Waals surface area (Å²) >= 11 is 0. The van der Waals surface area contributed by atoms with Crippen LogP contribution in [-0.2, 0) is 0 Å². The quantitative estimate of drug-likeness (QED) is 0.198. The van der Waals surface area contributed by atoms with E-state index in [4.69, 9.17) is 0 Å². The Balaban J connectivity index is 1.88. The van der Waals surface area contributed by atoms with E-state index < -0.39 is 11.7 Å². The summed E-state index contributed by atoms with van der Waals surface area (Å²) in [7, 11) is 0. The van der Waals surface area contributed by atoms with Gasteiger partial charge >= 0.3 is 12.1 Å². The predicted molar refractivity (Wildman–Crippen MR) is 141 cm³/mol. The molecule has 190 valence electrons. The van der Waals surface area contributed by atoms with Gasteiger partial charge in [-0.2, -0.15) is 5.06 Å². The minimum absolute atomic E-state index is 0.135. The third-order valence-corrected chi connectivity index (χ3v) is 6.87. The van der Waals surface area contributed by atoms with Crippen LogP contribution in [0.2, 0.25) is 0 Å². The fourth-order valence-corrected chi connectivity index (χ4v) is 5.07. The first-order valence-electron chi connectivity index (χ1n) is 12.6. The summed E-state index contributed by atoms with van der Waals surface area (Å²) in [5.74, 6) is 0. The Morgan fingerprint density at radius 3 is 2.46 bits per heavy atom. The Hall–Kier alpha value is -3.06. The molecule has 0 bridgehead atoms. The monoisotopic (exact) mass is 480 g/mol. The number of amides is 4. The second kappa shape index (κ2) is 11.1. The summed E-state index contributed by atoms with van der Waals surface area (Å²) in [5.41, 5.74) is 2.22. The second-order valence-corrected chi connectivity index (χ2v) is 10.5. The first-order chi connectivity index (χ1) is 16.6. The SMILES string of the molecule is CCCC(C)(C)CCCCC1(N(O)C(=O)Nc2cccc(C)c2)CNC(=O)N1c1cccc(C)c1. The maximum Gasteiger partial charge on any atom is 0.347 e. The Labute approximate surface area is 209 Å². The van der Waals surface area contributed by atoms with Crippen molar-refractivity contribution in [3.8, 4) is 0 Å². The van der Waals surface area contributed by atoms with Crippen molar-refractivity contribution >= 4 is 23.4 Å². The van der Waals surface area contributed by atoms with Crippen LogP contribution in [0, 0.1) is 19.3 Å². The van der Waals surface area contributed by atoms with Gasteiger partial charge in [-0.3, -0.25) is 10.1 Å². The predicted octanol–water partition coefficient (Wildman–Crippen LogP) is 6.84. The molecule has 3 N–H and O–H groups in total. The Kier molecular flexibility index (Phi) is 8.43. The van der Waals surface area contributed by atoms with E-state index in [0.717, 1.165) is 43.2 Å². The largest absolute Gasteiger partial charge is 0.347 e. The van der Waals surface area contributed by atoms with E-state index in [1.54, 1.807) is 6.07 Å². The van der Waals surface area contributed by atoms with Crippen molar-refractivity contribution in [1.29, 1.82) is 0 Å². The molecule has 35 heavy (non-hydrogen) atoms. The molecule has 1 atom stereocenters. The van der Waals surface area contributed by atoms with Gasteiger partial charge in [-0.05, 0) is 80.3 Å². The molecule has 1 aliphatic rings. The minimum Gasteiger partial charge on any atom is -0.333 e. The Bertz CT molecular complexity index is 1040. The van der Waals surface area contributed by atoms with E-state index in [-0.39, 0.29) is 18.0 Å². The van der Waals surface area contributed by atoms with Crippen molar-refractivity contribution in [1.82, 2.24) is 10.4 Å². The molecule has 0 aliphatic carbocycles. The van der Waals surface area contributed by atoms with Gasteiger partial charge in [0.05, 0.1) is 6.54 Å². The summed E-state index contributed by atoms with van der Waals surface area (Å²) in [6.45, 7) is 10.8. The third-order valence-electron chi connectivity index (χ3n) is 6.87. The van der Waals surface area contributed by atoms with Crippen LogP contribution in [0.25, 0.3) is 0 Å². The van der Waals surface area contributed by atoms with Gasteiger partial charge in [0.2, 0.25) is 0 Å². The van der Waals surface area contributed by atoms with E-state index in [9.17, 15) is 14.8 Å². The number of rotatable bonds is 10. The molecule has 1 fully saturated rings. The summed E-state index contributed by atoms with van der Waals surface area (Å²) in [4.78, 5) is 27.8. The van der Waals surface area contributed by atoms with Gasteiger partial charge in [0.25, 0.3) is 0 Å². The van der Waals surface area contributed by atoms with Gasteiger partial charge in [0.1, 0.15) is 0 Å². The average Bonchev–Trinajstić information content (AvgIpc) is 3.13. The lowest BCUT2D eigenvalue weighted by atomic mass is 9.82. The van der Waals surface area contributed by atoms with Crippen LogP contribution in [0.4, 0.5) is 21.0 Å².